The van der Waals surface area contributed by atoms with Gasteiger partial charge < -0.3 is 18.3 Å². The number of para-hydroxylation sites is 5. The minimum Gasteiger partial charge on any atom is -0.309 e. The van der Waals surface area contributed by atoms with E-state index >= 15 is 0 Å². The van der Waals surface area contributed by atoms with Crippen LogP contribution >= 0.6 is 22.7 Å². The Morgan fingerprint density at radius 1 is 0.144 bits per heavy atom. The van der Waals surface area contributed by atoms with Crippen LogP contribution in [-0.2, 0) is 0 Å². The molecule has 0 aliphatic carbocycles. The molecule has 0 saturated carbocycles. The van der Waals surface area contributed by atoms with Crippen LogP contribution in [0.5, 0.6) is 0 Å². The zero-order chi connectivity index (χ0) is 86.9. The zero-order valence-electron chi connectivity index (χ0n) is 71.0. The SMILES string of the molecule is c1ccc(-c2ccc3c4cc(-c5ccc6c(c5)c5ccccc5n6-c5cc(-c6nc(-c7ccccc7)nc(-c7ccccc7)n6)c6sc7ccccc7c6c5)ccc4n(-c4ccccc4)c3c2)cc1.c1ccc(-c2nc(-c3ccccc3)nc(-c3cc(-n4c5ccccc5c5cc(-c6ccc7c(c6)c6ccccc6n7-c6ccccc6)ccc54)cc4c3sc3ccccc34)n2)cc1. The van der Waals surface area contributed by atoms with Gasteiger partial charge in [-0.1, -0.05) is 315 Å². The summed E-state index contributed by atoms with van der Waals surface area (Å²) in [5.74, 6) is 3.86. The van der Waals surface area contributed by atoms with Crippen LogP contribution in [0.2, 0.25) is 0 Å². The molecule has 27 aromatic rings. The second-order valence-electron chi connectivity index (χ2n) is 33.6. The number of rotatable bonds is 13. The van der Waals surface area contributed by atoms with Crippen molar-refractivity contribution in [2.45, 2.75) is 0 Å². The summed E-state index contributed by atoms with van der Waals surface area (Å²) < 4.78 is 14.3. The van der Waals surface area contributed by atoms with Crippen molar-refractivity contribution in [2.24, 2.45) is 0 Å². The van der Waals surface area contributed by atoms with Gasteiger partial charge in [0.05, 0.1) is 44.1 Å². The van der Waals surface area contributed by atoms with Gasteiger partial charge in [-0.05, 0) is 167 Å². The van der Waals surface area contributed by atoms with Gasteiger partial charge in [0.1, 0.15) is 0 Å². The first-order chi connectivity index (χ1) is 65.4. The average molecular weight is 1720 g/mol. The quantitative estimate of drug-likeness (QED) is 0.114. The normalized spacial score (nSPS) is 11.8. The van der Waals surface area contributed by atoms with Crippen molar-refractivity contribution in [3.63, 3.8) is 0 Å². The first-order valence-electron chi connectivity index (χ1n) is 44.4. The van der Waals surface area contributed by atoms with E-state index in [9.17, 15) is 0 Å². The fourth-order valence-electron chi connectivity index (χ4n) is 19.8. The third kappa shape index (κ3) is 12.9. The maximum absolute atomic E-state index is 5.26. The molecule has 0 fully saturated rings. The van der Waals surface area contributed by atoms with Gasteiger partial charge in [0.15, 0.2) is 34.9 Å². The lowest BCUT2D eigenvalue weighted by atomic mass is 9.99. The summed E-state index contributed by atoms with van der Waals surface area (Å²) >= 11 is 3.58. The summed E-state index contributed by atoms with van der Waals surface area (Å²) in [6.45, 7) is 0. The van der Waals surface area contributed by atoms with Gasteiger partial charge >= 0.3 is 0 Å². The Bertz CT molecular complexity index is 9150. The summed E-state index contributed by atoms with van der Waals surface area (Å²) in [6, 6.07) is 160. The minimum absolute atomic E-state index is 0.642. The molecule has 19 aromatic carbocycles. The van der Waals surface area contributed by atoms with Gasteiger partial charge in [0, 0.05) is 140 Å². The third-order valence-electron chi connectivity index (χ3n) is 25.9. The van der Waals surface area contributed by atoms with Gasteiger partial charge in [0.25, 0.3) is 0 Å². The van der Waals surface area contributed by atoms with Gasteiger partial charge in [-0.15, -0.1) is 22.7 Å². The Labute approximate surface area is 766 Å². The van der Waals surface area contributed by atoms with Crippen molar-refractivity contribution < 1.29 is 0 Å². The van der Waals surface area contributed by atoms with E-state index in [4.69, 9.17) is 29.9 Å². The fraction of sp³-hybridized carbons (Fsp3) is 0. The summed E-state index contributed by atoms with van der Waals surface area (Å²) in [4.78, 5) is 31.1. The lowest BCUT2D eigenvalue weighted by molar-refractivity contribution is 1.07. The number of thiophene rings is 2. The van der Waals surface area contributed by atoms with Crippen molar-refractivity contribution in [2.75, 3.05) is 0 Å². The number of benzene rings is 19. The Morgan fingerprint density at radius 2 is 0.394 bits per heavy atom. The predicted molar refractivity (Wildman–Crippen MR) is 552 cm³/mol. The molecule has 8 aromatic heterocycles. The molecule has 0 aliphatic heterocycles. The smallest absolute Gasteiger partial charge is 0.165 e. The molecular weight excluding hydrogens is 1650 g/mol. The van der Waals surface area contributed by atoms with E-state index in [-0.39, 0.29) is 0 Å². The standard InChI is InChI=1S/C63H39N5S.C57H35N5S/c1-5-17-40(18-6-1)45-29-32-49-52-36-44(30-33-56(52)67(58(49)37-45)46-23-11-4-12-24-46)43-31-34-57-51(35-43)48-25-13-15-27-55(48)68(57)47-38-53-50-26-14-16-28-59(50)69-60(53)54(39-47)63-65-61(41-19-7-2-8-20-41)64-62(66-63)42-21-9-3-10-22-42;1-4-16-36(17-5-1)55-58-56(37-18-6-2-7-19-37)60-57(59-55)48-35-41(34-47-44-24-12-15-27-53(44)63-54(47)48)62-50-26-14-11-23-43(50)46-33-39(29-31-52(46)62)38-28-30-51-45(32-38)42-22-10-13-25-49(42)61(51)40-20-8-3-9-21-40/h1-39H;1-35H. The van der Waals surface area contributed by atoms with Gasteiger partial charge in [0.2, 0.25) is 0 Å². The molecule has 12 heteroatoms. The lowest BCUT2D eigenvalue weighted by Crippen LogP contribution is -2.01. The highest BCUT2D eigenvalue weighted by atomic mass is 32.1. The highest BCUT2D eigenvalue weighted by Crippen LogP contribution is 2.49. The van der Waals surface area contributed by atoms with Crippen LogP contribution < -0.4 is 0 Å². The summed E-state index contributed by atoms with van der Waals surface area (Å²) in [6.07, 6.45) is 0. The maximum atomic E-state index is 5.26. The topological polar surface area (TPSA) is 97.1 Å². The van der Waals surface area contributed by atoms with E-state index in [0.29, 0.717) is 34.9 Å². The van der Waals surface area contributed by atoms with Crippen LogP contribution in [0, 0.1) is 0 Å². The van der Waals surface area contributed by atoms with Crippen molar-refractivity contribution in [3.05, 3.63) is 449 Å². The highest BCUT2D eigenvalue weighted by Gasteiger charge is 2.26. The second kappa shape index (κ2) is 31.4. The molecule has 0 amide bonds. The Balaban J connectivity index is 0.000000139. The molecule has 616 valence electrons. The first-order valence-corrected chi connectivity index (χ1v) is 46.1. The van der Waals surface area contributed by atoms with Crippen molar-refractivity contribution in [3.8, 4) is 124 Å². The summed E-state index contributed by atoms with van der Waals surface area (Å²) in [5.41, 5.74) is 26.5. The molecule has 8 heterocycles. The van der Waals surface area contributed by atoms with Crippen LogP contribution in [0.3, 0.4) is 0 Å². The van der Waals surface area contributed by atoms with Gasteiger partial charge in [-0.2, -0.15) is 0 Å². The Hall–Kier alpha value is -17.2. The average Bonchev–Trinajstić information content (AvgIpc) is 1.57. The molecule has 27 rings (SSSR count). The van der Waals surface area contributed by atoms with Crippen LogP contribution in [0.15, 0.2) is 449 Å². The van der Waals surface area contributed by atoms with E-state index in [1.807, 2.05) is 72.8 Å². The van der Waals surface area contributed by atoms with Crippen molar-refractivity contribution in [1.29, 1.82) is 0 Å². The van der Waals surface area contributed by atoms with Gasteiger partial charge in [-0.3, -0.25) is 0 Å². The molecule has 0 saturated heterocycles. The fourth-order valence-corrected chi connectivity index (χ4v) is 22.2. The van der Waals surface area contributed by atoms with Crippen molar-refractivity contribution in [1.82, 2.24) is 48.2 Å². The monoisotopic (exact) mass is 1720 g/mol. The zero-order valence-corrected chi connectivity index (χ0v) is 72.6. The van der Waals surface area contributed by atoms with Crippen molar-refractivity contribution >= 4 is 150 Å². The Morgan fingerprint density at radius 3 is 0.742 bits per heavy atom. The molecular formula is C120H74N10S2. The van der Waals surface area contributed by atoms with E-state index in [1.54, 1.807) is 22.7 Å². The molecule has 132 heavy (non-hydrogen) atoms. The highest BCUT2D eigenvalue weighted by molar-refractivity contribution is 7.26. The molecule has 0 radical (unpaired) electrons. The Kier molecular flexibility index (Phi) is 18.1. The second-order valence-corrected chi connectivity index (χ2v) is 35.7. The molecule has 0 bridgehead atoms. The molecule has 0 spiro atoms. The van der Waals surface area contributed by atoms with Crippen LogP contribution in [0.25, 0.3) is 252 Å². The summed E-state index contributed by atoms with van der Waals surface area (Å²) in [5, 5.41) is 14.5. The largest absolute Gasteiger partial charge is 0.309 e. The number of hydrogen-bond donors (Lipinski definition) is 0. The van der Waals surface area contributed by atoms with Crippen LogP contribution in [0.1, 0.15) is 0 Å². The third-order valence-corrected chi connectivity index (χ3v) is 28.3. The lowest BCUT2D eigenvalue weighted by Gasteiger charge is -2.13. The predicted octanol–water partition coefficient (Wildman–Crippen LogP) is 31.9. The summed E-state index contributed by atoms with van der Waals surface area (Å²) in [7, 11) is 0. The van der Waals surface area contributed by atoms with E-state index in [0.717, 1.165) is 87.6 Å². The first kappa shape index (κ1) is 76.1. The maximum Gasteiger partial charge on any atom is 0.165 e. The molecule has 10 nitrogen and oxygen atoms in total. The van der Waals surface area contributed by atoms with E-state index < -0.39 is 0 Å². The number of aromatic nitrogens is 10. The van der Waals surface area contributed by atoms with Crippen LogP contribution in [-0.4, -0.2) is 48.2 Å². The number of fused-ring (bicyclic) bond motifs is 18. The van der Waals surface area contributed by atoms with E-state index in [2.05, 4.69) is 394 Å². The molecule has 0 unspecified atom stereocenters. The molecule has 0 atom stereocenters. The minimum atomic E-state index is 0.642. The van der Waals surface area contributed by atoms with Crippen LogP contribution in [0.4, 0.5) is 0 Å². The number of nitrogens with zero attached hydrogens (tertiary/aromatic N) is 10. The molecule has 0 aliphatic rings. The number of hydrogen-bond acceptors (Lipinski definition) is 8. The van der Waals surface area contributed by atoms with E-state index in [1.165, 1.54) is 129 Å². The van der Waals surface area contributed by atoms with Gasteiger partial charge in [-0.25, -0.2) is 29.9 Å². The molecule has 0 N–H and O–H groups in total.